The molecule has 2 heteroatoms. The molecular weight excluding hydrogens is 128 g/mol. The fourth-order valence-corrected chi connectivity index (χ4v) is 0.673. The topological polar surface area (TPSA) is 37.3 Å². The molecule has 2 nitrogen and oxygen atoms in total. The third kappa shape index (κ3) is 1.79. The highest BCUT2D eigenvalue weighted by Crippen LogP contribution is 2.05. The van der Waals surface area contributed by atoms with Crippen LogP contribution >= 0.6 is 0 Å². The minimum atomic E-state index is -1.08. The molecule has 0 atom stereocenters. The van der Waals surface area contributed by atoms with Crippen LogP contribution in [0.4, 0.5) is 0 Å². The predicted octanol–water partition coefficient (Wildman–Crippen LogP) is 0.817. The van der Waals surface area contributed by atoms with Gasteiger partial charge in [0.05, 0.1) is 5.92 Å². The van der Waals surface area contributed by atoms with E-state index >= 15 is 0 Å². The van der Waals surface area contributed by atoms with Crippen LogP contribution in [0.1, 0.15) is 0 Å². The number of hydrogen-bond donors (Lipinski definition) is 1. The molecule has 1 N–H and O–H groups in total. The lowest BCUT2D eigenvalue weighted by atomic mass is 10.2. The average Bonchev–Trinajstić information content (AvgIpc) is 2.34. The fraction of sp³-hybridized carbons (Fsp3) is 0.125. The Morgan fingerprint density at radius 3 is 2.50 bits per heavy atom. The summed E-state index contributed by atoms with van der Waals surface area (Å²) in [6.45, 7) is 0. The Hall–Kier alpha value is -1.49. The molecule has 10 heavy (non-hydrogen) atoms. The number of carboxylic acid groups (broad SMARTS) is 1. The number of rotatable bonds is 0. The highest BCUT2D eigenvalue weighted by Gasteiger charge is 1.97. The predicted molar refractivity (Wildman–Crippen MR) is 37.2 cm³/mol. The standard InChI is InChI=1S/C8H6O2/c9-8(10)6-5-7-3-1-2-4-7/h1-4,7H,(H,9,10). The van der Waals surface area contributed by atoms with Gasteiger partial charge in [-0.15, -0.1) is 0 Å². The number of allylic oxidation sites excluding steroid dienone is 4. The third-order valence-electron chi connectivity index (χ3n) is 1.09. The van der Waals surface area contributed by atoms with Crippen molar-refractivity contribution < 1.29 is 9.90 Å². The Balaban J connectivity index is 2.56. The largest absolute Gasteiger partial charge is 0.472 e. The molecule has 0 aromatic heterocycles. The minimum absolute atomic E-state index is 0.00361. The van der Waals surface area contributed by atoms with E-state index in [1.165, 1.54) is 0 Å². The summed E-state index contributed by atoms with van der Waals surface area (Å²) in [4.78, 5) is 9.93. The van der Waals surface area contributed by atoms with Gasteiger partial charge in [-0.1, -0.05) is 30.2 Å². The van der Waals surface area contributed by atoms with Crippen LogP contribution in [0.15, 0.2) is 24.3 Å². The maximum Gasteiger partial charge on any atom is 0.381 e. The Morgan fingerprint density at radius 1 is 1.40 bits per heavy atom. The van der Waals surface area contributed by atoms with Gasteiger partial charge >= 0.3 is 5.97 Å². The second-order valence-corrected chi connectivity index (χ2v) is 1.87. The van der Waals surface area contributed by atoms with Gasteiger partial charge in [-0.2, -0.15) is 0 Å². The SMILES string of the molecule is O=C(O)C#CC1C=CC=C1. The zero-order valence-corrected chi connectivity index (χ0v) is 5.24. The van der Waals surface area contributed by atoms with E-state index in [9.17, 15) is 4.79 Å². The molecule has 0 amide bonds. The first-order valence-electron chi connectivity index (χ1n) is 2.88. The first kappa shape index (κ1) is 6.63. The zero-order valence-electron chi connectivity index (χ0n) is 5.24. The molecule has 1 aliphatic rings. The molecule has 1 rings (SSSR count). The van der Waals surface area contributed by atoms with Gasteiger partial charge in [-0.25, -0.2) is 4.79 Å². The van der Waals surface area contributed by atoms with E-state index < -0.39 is 5.97 Å². The van der Waals surface area contributed by atoms with Gasteiger partial charge in [0.25, 0.3) is 0 Å². The highest BCUT2D eigenvalue weighted by atomic mass is 16.4. The van der Waals surface area contributed by atoms with Crippen LogP contribution < -0.4 is 0 Å². The van der Waals surface area contributed by atoms with Gasteiger partial charge in [0, 0.05) is 5.92 Å². The van der Waals surface area contributed by atoms with Crippen LogP contribution in [-0.2, 0) is 4.79 Å². The quantitative estimate of drug-likeness (QED) is 0.498. The van der Waals surface area contributed by atoms with Crippen molar-refractivity contribution >= 4 is 5.97 Å². The van der Waals surface area contributed by atoms with E-state index in [1.807, 2.05) is 24.3 Å². The van der Waals surface area contributed by atoms with E-state index in [4.69, 9.17) is 5.11 Å². The van der Waals surface area contributed by atoms with E-state index in [0.29, 0.717) is 0 Å². The molecule has 50 valence electrons. The first-order chi connectivity index (χ1) is 4.79. The van der Waals surface area contributed by atoms with Crippen LogP contribution in [0.5, 0.6) is 0 Å². The molecule has 0 bridgehead atoms. The lowest BCUT2D eigenvalue weighted by molar-refractivity contribution is -0.130. The van der Waals surface area contributed by atoms with Gasteiger partial charge in [-0.05, 0) is 0 Å². The molecule has 0 aromatic rings. The van der Waals surface area contributed by atoms with Crippen LogP contribution in [0, 0.1) is 17.8 Å². The van der Waals surface area contributed by atoms with Crippen molar-refractivity contribution in [1.29, 1.82) is 0 Å². The van der Waals surface area contributed by atoms with Crippen molar-refractivity contribution in [2.75, 3.05) is 0 Å². The molecule has 0 radical (unpaired) electrons. The molecule has 0 fully saturated rings. The molecular formula is C8H6O2. The summed E-state index contributed by atoms with van der Waals surface area (Å²) in [5, 5.41) is 8.15. The monoisotopic (exact) mass is 134 g/mol. The summed E-state index contributed by atoms with van der Waals surface area (Å²) in [7, 11) is 0. The normalized spacial score (nSPS) is 14.8. The van der Waals surface area contributed by atoms with E-state index in [1.54, 1.807) is 0 Å². The van der Waals surface area contributed by atoms with Crippen LogP contribution in [0.2, 0.25) is 0 Å². The summed E-state index contributed by atoms with van der Waals surface area (Å²) in [6.07, 6.45) is 7.38. The number of carbonyl (C=O) groups is 1. The Bertz CT molecular complexity index is 238. The summed E-state index contributed by atoms with van der Waals surface area (Å²) in [6, 6.07) is 0. The number of hydrogen-bond acceptors (Lipinski definition) is 1. The van der Waals surface area contributed by atoms with Crippen LogP contribution in [0.3, 0.4) is 0 Å². The van der Waals surface area contributed by atoms with Crippen molar-refractivity contribution in [1.82, 2.24) is 0 Å². The van der Waals surface area contributed by atoms with Gasteiger partial charge in [-0.3, -0.25) is 0 Å². The third-order valence-corrected chi connectivity index (χ3v) is 1.09. The average molecular weight is 134 g/mol. The second-order valence-electron chi connectivity index (χ2n) is 1.87. The minimum Gasteiger partial charge on any atom is -0.472 e. The van der Waals surface area contributed by atoms with E-state index in [-0.39, 0.29) is 5.92 Å². The molecule has 0 unspecified atom stereocenters. The summed E-state index contributed by atoms with van der Waals surface area (Å²) in [5.41, 5.74) is 0. The second kappa shape index (κ2) is 2.88. The van der Waals surface area contributed by atoms with Crippen molar-refractivity contribution in [3.8, 4) is 11.8 Å². The van der Waals surface area contributed by atoms with Crippen molar-refractivity contribution in [2.45, 2.75) is 0 Å². The van der Waals surface area contributed by atoms with E-state index in [0.717, 1.165) is 0 Å². The first-order valence-corrected chi connectivity index (χ1v) is 2.88. The Kier molecular flexibility index (Phi) is 1.91. The molecule has 0 aromatic carbocycles. The lowest BCUT2D eigenvalue weighted by Crippen LogP contribution is -1.89. The lowest BCUT2D eigenvalue weighted by Gasteiger charge is -1.86. The highest BCUT2D eigenvalue weighted by molar-refractivity contribution is 5.86. The van der Waals surface area contributed by atoms with Crippen molar-refractivity contribution in [3.05, 3.63) is 24.3 Å². The summed E-state index contributed by atoms with van der Waals surface area (Å²) >= 11 is 0. The van der Waals surface area contributed by atoms with Gasteiger partial charge < -0.3 is 5.11 Å². The molecule has 1 aliphatic carbocycles. The maximum absolute atomic E-state index is 9.93. The molecule has 0 spiro atoms. The maximum atomic E-state index is 9.93. The van der Waals surface area contributed by atoms with E-state index in [2.05, 4.69) is 11.8 Å². The smallest absolute Gasteiger partial charge is 0.381 e. The van der Waals surface area contributed by atoms with Gasteiger partial charge in [0.15, 0.2) is 0 Å². The number of carboxylic acids is 1. The Labute approximate surface area is 58.9 Å². The Morgan fingerprint density at radius 2 is 2.00 bits per heavy atom. The van der Waals surface area contributed by atoms with Gasteiger partial charge in [0.2, 0.25) is 0 Å². The summed E-state index contributed by atoms with van der Waals surface area (Å²) < 4.78 is 0. The van der Waals surface area contributed by atoms with Gasteiger partial charge in [0.1, 0.15) is 0 Å². The zero-order chi connectivity index (χ0) is 7.40. The molecule has 0 saturated heterocycles. The summed E-state index contributed by atoms with van der Waals surface area (Å²) in [5.74, 6) is 3.53. The number of aliphatic carboxylic acids is 1. The molecule has 0 aliphatic heterocycles. The van der Waals surface area contributed by atoms with Crippen molar-refractivity contribution in [2.24, 2.45) is 5.92 Å². The molecule has 0 heterocycles. The van der Waals surface area contributed by atoms with Crippen LogP contribution in [-0.4, -0.2) is 11.1 Å². The fourth-order valence-electron chi connectivity index (χ4n) is 0.673. The van der Waals surface area contributed by atoms with Crippen LogP contribution in [0.25, 0.3) is 0 Å². The molecule has 0 saturated carbocycles. The van der Waals surface area contributed by atoms with Crippen molar-refractivity contribution in [3.63, 3.8) is 0 Å².